The van der Waals surface area contributed by atoms with Crippen molar-refractivity contribution in [2.45, 2.75) is 56.9 Å². The van der Waals surface area contributed by atoms with Gasteiger partial charge in [-0.3, -0.25) is 4.79 Å². The second kappa shape index (κ2) is 5.53. The Hall–Kier alpha value is -2.43. The second-order valence-electron chi connectivity index (χ2n) is 7.95. The molecule has 26 heavy (non-hydrogen) atoms. The van der Waals surface area contributed by atoms with Gasteiger partial charge in [-0.2, -0.15) is 0 Å². The predicted octanol–water partition coefficient (Wildman–Crippen LogP) is 3.35. The van der Waals surface area contributed by atoms with Gasteiger partial charge in [0.05, 0.1) is 11.1 Å². The highest BCUT2D eigenvalue weighted by molar-refractivity contribution is 5.85. The number of fused-ring (bicyclic) bond motifs is 1. The summed E-state index contributed by atoms with van der Waals surface area (Å²) in [5, 5.41) is 9.63. The van der Waals surface area contributed by atoms with E-state index in [9.17, 15) is 9.90 Å². The number of aryl methyl sites for hydroxylation is 1. The molecule has 2 aliphatic carbocycles. The van der Waals surface area contributed by atoms with Crippen LogP contribution in [0.2, 0.25) is 0 Å². The van der Waals surface area contributed by atoms with Crippen molar-refractivity contribution in [3.8, 4) is 11.3 Å². The largest absolute Gasteiger partial charge is 0.481 e. The Morgan fingerprint density at radius 2 is 2.12 bits per heavy atom. The van der Waals surface area contributed by atoms with E-state index in [1.165, 1.54) is 17.7 Å². The van der Waals surface area contributed by atoms with Crippen LogP contribution < -0.4 is 4.90 Å². The third-order valence-corrected chi connectivity index (χ3v) is 6.35. The summed E-state index contributed by atoms with van der Waals surface area (Å²) in [6.45, 7) is 3.23. The van der Waals surface area contributed by atoms with Gasteiger partial charge in [0, 0.05) is 29.4 Å². The Morgan fingerprint density at radius 3 is 2.77 bits per heavy atom. The van der Waals surface area contributed by atoms with Gasteiger partial charge in [0.1, 0.15) is 0 Å². The van der Waals surface area contributed by atoms with Crippen molar-refractivity contribution in [2.24, 2.45) is 0 Å². The Balaban J connectivity index is 1.61. The van der Waals surface area contributed by atoms with Crippen LogP contribution in [0.5, 0.6) is 0 Å². The zero-order chi connectivity index (χ0) is 17.9. The molecule has 1 saturated heterocycles. The van der Waals surface area contributed by atoms with Gasteiger partial charge in [0.2, 0.25) is 5.95 Å². The molecule has 1 saturated carbocycles. The highest BCUT2D eigenvalue weighted by Gasteiger charge is 2.51. The number of nitrogens with zero attached hydrogens (tertiary/aromatic N) is 3. The number of aliphatic carboxylic acids is 1. The van der Waals surface area contributed by atoms with Crippen LogP contribution in [-0.2, 0) is 23.1 Å². The summed E-state index contributed by atoms with van der Waals surface area (Å²) in [4.78, 5) is 23.8. The first-order chi connectivity index (χ1) is 12.6. The minimum absolute atomic E-state index is 0.496. The van der Waals surface area contributed by atoms with Crippen LogP contribution in [0.3, 0.4) is 0 Å². The summed E-state index contributed by atoms with van der Waals surface area (Å²) >= 11 is 0. The lowest BCUT2D eigenvalue weighted by atomic mass is 9.93. The first-order valence-corrected chi connectivity index (χ1v) is 9.59. The van der Waals surface area contributed by atoms with Crippen LogP contribution in [0, 0.1) is 0 Å². The monoisotopic (exact) mass is 349 g/mol. The SMILES string of the molecule is C[C@H]1CCN1c1nc2c(c(-c3cccc(C4(C(=O)O)CC4)c3)n1)CCC2. The van der Waals surface area contributed by atoms with Crippen LogP contribution >= 0.6 is 0 Å². The fourth-order valence-electron chi connectivity index (χ4n) is 4.32. The standard InChI is InChI=1S/C21H23N3O2/c1-13-8-11-24(13)20-22-17-7-3-6-16(17)18(23-20)14-4-2-5-15(12-14)21(9-10-21)19(25)26/h2,4-5,12-13H,3,6-11H2,1H3,(H,25,26)/t13-/m0/s1. The van der Waals surface area contributed by atoms with Crippen molar-refractivity contribution in [1.82, 2.24) is 9.97 Å². The number of rotatable bonds is 4. The predicted molar refractivity (Wildman–Crippen MR) is 99.5 cm³/mol. The highest BCUT2D eigenvalue weighted by Crippen LogP contribution is 2.49. The lowest BCUT2D eigenvalue weighted by Crippen LogP contribution is -2.46. The molecule has 2 heterocycles. The first-order valence-electron chi connectivity index (χ1n) is 9.59. The minimum atomic E-state index is -0.711. The smallest absolute Gasteiger partial charge is 0.314 e. The number of carboxylic acids is 1. The molecule has 0 spiro atoms. The Morgan fingerprint density at radius 1 is 1.27 bits per heavy atom. The van der Waals surface area contributed by atoms with Gasteiger partial charge < -0.3 is 10.0 Å². The molecule has 5 heteroatoms. The Bertz CT molecular complexity index is 904. The molecule has 5 rings (SSSR count). The fourth-order valence-corrected chi connectivity index (χ4v) is 4.32. The van der Waals surface area contributed by atoms with Crippen molar-refractivity contribution in [1.29, 1.82) is 0 Å². The van der Waals surface area contributed by atoms with E-state index >= 15 is 0 Å². The molecule has 0 amide bonds. The van der Waals surface area contributed by atoms with Crippen molar-refractivity contribution in [2.75, 3.05) is 11.4 Å². The number of benzene rings is 1. The van der Waals surface area contributed by atoms with E-state index in [0.29, 0.717) is 6.04 Å². The van der Waals surface area contributed by atoms with Gasteiger partial charge in [-0.15, -0.1) is 0 Å². The molecule has 134 valence electrons. The average Bonchev–Trinajstić information content (AvgIpc) is 3.32. The van der Waals surface area contributed by atoms with Crippen molar-refractivity contribution < 1.29 is 9.90 Å². The van der Waals surface area contributed by atoms with Crippen LogP contribution in [0.15, 0.2) is 24.3 Å². The molecule has 1 aromatic carbocycles. The molecule has 1 atom stereocenters. The van der Waals surface area contributed by atoms with Gasteiger partial charge in [-0.25, -0.2) is 9.97 Å². The molecule has 5 nitrogen and oxygen atoms in total. The van der Waals surface area contributed by atoms with Crippen molar-refractivity contribution >= 4 is 11.9 Å². The summed E-state index contributed by atoms with van der Waals surface area (Å²) in [7, 11) is 0. The molecular formula is C21H23N3O2. The van der Waals surface area contributed by atoms with E-state index in [0.717, 1.165) is 61.4 Å². The minimum Gasteiger partial charge on any atom is -0.481 e. The maximum absolute atomic E-state index is 11.7. The number of hydrogen-bond acceptors (Lipinski definition) is 4. The fraction of sp³-hybridized carbons (Fsp3) is 0.476. The zero-order valence-electron chi connectivity index (χ0n) is 15.0. The third-order valence-electron chi connectivity index (χ3n) is 6.35. The lowest BCUT2D eigenvalue weighted by molar-refractivity contribution is -0.140. The first kappa shape index (κ1) is 15.8. The van der Waals surface area contributed by atoms with E-state index in [1.807, 2.05) is 18.2 Å². The van der Waals surface area contributed by atoms with Gasteiger partial charge >= 0.3 is 5.97 Å². The molecule has 3 aliphatic rings. The second-order valence-corrected chi connectivity index (χ2v) is 7.95. The zero-order valence-corrected chi connectivity index (χ0v) is 15.0. The normalized spacial score (nSPS) is 22.7. The third kappa shape index (κ3) is 2.26. The Kier molecular flexibility index (Phi) is 3.36. The number of hydrogen-bond donors (Lipinski definition) is 1. The van der Waals surface area contributed by atoms with E-state index in [1.54, 1.807) is 0 Å². The molecule has 1 N–H and O–H groups in total. The van der Waals surface area contributed by atoms with Gasteiger partial charge in [0.15, 0.2) is 0 Å². The molecule has 0 bridgehead atoms. The molecule has 1 aliphatic heterocycles. The quantitative estimate of drug-likeness (QED) is 0.917. The molecule has 0 radical (unpaired) electrons. The van der Waals surface area contributed by atoms with Crippen LogP contribution in [0.25, 0.3) is 11.3 Å². The average molecular weight is 349 g/mol. The van der Waals surface area contributed by atoms with Crippen LogP contribution in [0.1, 0.15) is 49.4 Å². The number of aromatic nitrogens is 2. The maximum atomic E-state index is 11.7. The van der Waals surface area contributed by atoms with Crippen LogP contribution in [0.4, 0.5) is 5.95 Å². The van der Waals surface area contributed by atoms with Gasteiger partial charge in [0.25, 0.3) is 0 Å². The Labute approximate surface area is 153 Å². The van der Waals surface area contributed by atoms with E-state index in [-0.39, 0.29) is 0 Å². The molecule has 1 aromatic heterocycles. The summed E-state index contributed by atoms with van der Waals surface area (Å²) in [6, 6.07) is 8.53. The van der Waals surface area contributed by atoms with Gasteiger partial charge in [-0.05, 0) is 57.1 Å². The summed E-state index contributed by atoms with van der Waals surface area (Å²) in [5.74, 6) is 0.127. The summed E-state index contributed by atoms with van der Waals surface area (Å²) < 4.78 is 0. The molecular weight excluding hydrogens is 326 g/mol. The molecule has 0 unspecified atom stereocenters. The van der Waals surface area contributed by atoms with Gasteiger partial charge in [-0.1, -0.05) is 18.2 Å². The summed E-state index contributed by atoms with van der Waals surface area (Å²) in [5.41, 5.74) is 4.69. The van der Waals surface area contributed by atoms with Crippen molar-refractivity contribution in [3.05, 3.63) is 41.1 Å². The van der Waals surface area contributed by atoms with Crippen LogP contribution in [-0.4, -0.2) is 33.6 Å². The van der Waals surface area contributed by atoms with Crippen molar-refractivity contribution in [3.63, 3.8) is 0 Å². The molecule has 2 fully saturated rings. The number of carboxylic acid groups (broad SMARTS) is 1. The molecule has 2 aromatic rings. The topological polar surface area (TPSA) is 66.3 Å². The van der Waals surface area contributed by atoms with E-state index in [2.05, 4.69) is 17.9 Å². The van der Waals surface area contributed by atoms with E-state index < -0.39 is 11.4 Å². The van der Waals surface area contributed by atoms with E-state index in [4.69, 9.17) is 9.97 Å². The number of anilines is 1. The highest BCUT2D eigenvalue weighted by atomic mass is 16.4. The maximum Gasteiger partial charge on any atom is 0.314 e. The lowest BCUT2D eigenvalue weighted by Gasteiger charge is -2.39. The summed E-state index contributed by atoms with van der Waals surface area (Å²) in [6.07, 6.45) is 5.78. The number of carbonyl (C=O) groups is 1.